The third-order valence-electron chi connectivity index (χ3n) is 3.46. The number of nitrogens with zero attached hydrogens (tertiary/aromatic N) is 1. The van der Waals surface area contributed by atoms with Crippen LogP contribution in [-0.2, 0) is 9.47 Å². The lowest BCUT2D eigenvalue weighted by molar-refractivity contribution is 0.0696. The third-order valence-corrected chi connectivity index (χ3v) is 3.46. The first-order valence-corrected chi connectivity index (χ1v) is 8.16. The molecule has 0 saturated carbocycles. The van der Waals surface area contributed by atoms with Gasteiger partial charge in [-0.25, -0.2) is 19.8 Å². The summed E-state index contributed by atoms with van der Waals surface area (Å²) in [6.07, 6.45) is -0.838. The van der Waals surface area contributed by atoms with Crippen molar-refractivity contribution in [1.29, 1.82) is 0 Å². The number of hydrogen-bond acceptors (Lipinski definition) is 9. The Morgan fingerprint density at radius 2 is 1.43 bits per heavy atom. The van der Waals surface area contributed by atoms with Crippen LogP contribution in [0.15, 0.2) is 47.6 Å². The van der Waals surface area contributed by atoms with Crippen LogP contribution < -0.4 is 14.9 Å². The van der Waals surface area contributed by atoms with Crippen molar-refractivity contribution in [2.24, 2.45) is 5.10 Å². The zero-order valence-electron chi connectivity index (χ0n) is 15.8. The van der Waals surface area contributed by atoms with Gasteiger partial charge in [-0.2, -0.15) is 5.10 Å². The second-order valence-corrected chi connectivity index (χ2v) is 5.40. The Balaban J connectivity index is 2.13. The Morgan fingerprint density at radius 1 is 0.867 bits per heavy atom. The van der Waals surface area contributed by atoms with Crippen LogP contribution in [0.4, 0.5) is 9.59 Å². The van der Waals surface area contributed by atoms with Gasteiger partial charge < -0.3 is 24.1 Å². The fourth-order valence-corrected chi connectivity index (χ4v) is 2.02. The van der Waals surface area contributed by atoms with Crippen molar-refractivity contribution >= 4 is 30.4 Å². The molecule has 2 aromatic rings. The lowest BCUT2D eigenvalue weighted by Crippen LogP contribution is -2.18. The molecule has 0 bridgehead atoms. The maximum absolute atomic E-state index is 12.3. The van der Waals surface area contributed by atoms with Crippen molar-refractivity contribution in [2.75, 3.05) is 14.2 Å². The van der Waals surface area contributed by atoms with E-state index in [1.54, 1.807) is 0 Å². The van der Waals surface area contributed by atoms with Gasteiger partial charge in [0, 0.05) is 5.56 Å². The van der Waals surface area contributed by atoms with Crippen LogP contribution in [0, 0.1) is 0 Å². The Kier molecular flexibility index (Phi) is 7.46. The second kappa shape index (κ2) is 10.2. The number of benzene rings is 2. The van der Waals surface area contributed by atoms with Crippen molar-refractivity contribution in [3.05, 3.63) is 59.2 Å². The molecule has 0 fully saturated rings. The maximum atomic E-state index is 12.3. The summed E-state index contributed by atoms with van der Waals surface area (Å²) in [6, 6.07) is 9.47. The molecule has 2 aromatic carbocycles. The number of hydrazone groups is 1. The summed E-state index contributed by atoms with van der Waals surface area (Å²) < 4.78 is 18.5. The topological polar surface area (TPSA) is 150 Å². The van der Waals surface area contributed by atoms with Gasteiger partial charge in [-0.15, -0.1) is 0 Å². The number of rotatable bonds is 6. The standard InChI is InChI=1S/C19H16N2O9/c1-27-18(25)29-14-8-7-13(9-15(14)30-19(26)28-2)16(22)21-20-10-11-3-5-12(6-4-11)17(23)24/h3-10H,1-2H3,(H,21,22)(H,23,24). The first-order chi connectivity index (χ1) is 14.3. The van der Waals surface area contributed by atoms with E-state index < -0.39 is 24.2 Å². The number of nitrogens with one attached hydrogen (secondary N) is 1. The first-order valence-electron chi connectivity index (χ1n) is 8.16. The van der Waals surface area contributed by atoms with Gasteiger partial charge in [-0.05, 0) is 35.9 Å². The molecule has 0 aliphatic rings. The molecule has 30 heavy (non-hydrogen) atoms. The van der Waals surface area contributed by atoms with E-state index in [9.17, 15) is 19.2 Å². The number of amides is 1. The quantitative estimate of drug-likeness (QED) is 0.313. The van der Waals surface area contributed by atoms with Crippen LogP contribution in [0.25, 0.3) is 0 Å². The molecule has 2 rings (SSSR count). The smallest absolute Gasteiger partial charge is 0.478 e. The molecule has 11 heteroatoms. The molecule has 0 aliphatic heterocycles. The van der Waals surface area contributed by atoms with Gasteiger partial charge in [0.25, 0.3) is 5.91 Å². The SMILES string of the molecule is COC(=O)Oc1ccc(C(=O)NN=Cc2ccc(C(=O)O)cc2)cc1OC(=O)OC. The Morgan fingerprint density at radius 3 is 2.00 bits per heavy atom. The van der Waals surface area contributed by atoms with Crippen LogP contribution >= 0.6 is 0 Å². The number of hydrogen-bond donors (Lipinski definition) is 2. The van der Waals surface area contributed by atoms with Crippen molar-refractivity contribution in [3.8, 4) is 11.5 Å². The van der Waals surface area contributed by atoms with E-state index in [-0.39, 0.29) is 22.6 Å². The molecule has 0 aliphatic carbocycles. The molecule has 0 radical (unpaired) electrons. The average Bonchev–Trinajstić information content (AvgIpc) is 2.74. The Hall–Kier alpha value is -4.41. The van der Waals surface area contributed by atoms with Crippen molar-refractivity contribution in [2.45, 2.75) is 0 Å². The van der Waals surface area contributed by atoms with Crippen LogP contribution in [0.3, 0.4) is 0 Å². The number of carbonyl (C=O) groups excluding carboxylic acids is 3. The monoisotopic (exact) mass is 416 g/mol. The van der Waals surface area contributed by atoms with Crippen molar-refractivity contribution < 1.29 is 43.2 Å². The fraction of sp³-hybridized carbons (Fsp3) is 0.105. The predicted molar refractivity (Wildman–Crippen MR) is 101 cm³/mol. The second-order valence-electron chi connectivity index (χ2n) is 5.40. The summed E-state index contributed by atoms with van der Waals surface area (Å²) in [6.45, 7) is 0. The van der Waals surface area contributed by atoms with Crippen molar-refractivity contribution in [1.82, 2.24) is 5.43 Å². The predicted octanol–water partition coefficient (Wildman–Crippen LogP) is 2.44. The number of methoxy groups -OCH3 is 2. The zero-order chi connectivity index (χ0) is 22.1. The number of carbonyl (C=O) groups is 4. The molecular weight excluding hydrogens is 400 g/mol. The largest absolute Gasteiger partial charge is 0.513 e. The van der Waals surface area contributed by atoms with Gasteiger partial charge in [0.05, 0.1) is 26.0 Å². The summed E-state index contributed by atoms with van der Waals surface area (Å²) in [5.41, 5.74) is 2.96. The molecule has 2 N–H and O–H groups in total. The average molecular weight is 416 g/mol. The van der Waals surface area contributed by atoms with Gasteiger partial charge in [-0.1, -0.05) is 12.1 Å². The number of aromatic carboxylic acids is 1. The van der Waals surface area contributed by atoms with Crippen molar-refractivity contribution in [3.63, 3.8) is 0 Å². The molecule has 0 aromatic heterocycles. The number of carboxylic acid groups (broad SMARTS) is 1. The van der Waals surface area contributed by atoms with Crippen LogP contribution in [-0.4, -0.2) is 49.7 Å². The van der Waals surface area contributed by atoms with Gasteiger partial charge >= 0.3 is 18.3 Å². The van der Waals surface area contributed by atoms with E-state index in [2.05, 4.69) is 20.0 Å². The van der Waals surface area contributed by atoms with E-state index in [4.69, 9.17) is 14.6 Å². The molecule has 0 saturated heterocycles. The highest BCUT2D eigenvalue weighted by molar-refractivity contribution is 5.96. The highest BCUT2D eigenvalue weighted by Crippen LogP contribution is 2.29. The minimum Gasteiger partial charge on any atom is -0.478 e. The molecule has 0 unspecified atom stereocenters. The maximum Gasteiger partial charge on any atom is 0.513 e. The summed E-state index contributed by atoms with van der Waals surface area (Å²) >= 11 is 0. The summed E-state index contributed by atoms with van der Waals surface area (Å²) in [4.78, 5) is 45.8. The van der Waals surface area contributed by atoms with Gasteiger partial charge in [0.1, 0.15) is 0 Å². The highest BCUT2D eigenvalue weighted by atomic mass is 16.7. The van der Waals surface area contributed by atoms with Gasteiger partial charge in [0.2, 0.25) is 0 Å². The third kappa shape index (κ3) is 6.05. The Bertz CT molecular complexity index is 984. The minimum absolute atomic E-state index is 0.0319. The van der Waals surface area contributed by atoms with E-state index in [1.165, 1.54) is 42.6 Å². The van der Waals surface area contributed by atoms with E-state index >= 15 is 0 Å². The molecule has 0 spiro atoms. The van der Waals surface area contributed by atoms with Crippen LogP contribution in [0.2, 0.25) is 0 Å². The van der Waals surface area contributed by atoms with E-state index in [0.29, 0.717) is 5.56 Å². The van der Waals surface area contributed by atoms with Crippen LogP contribution in [0.1, 0.15) is 26.3 Å². The van der Waals surface area contributed by atoms with Gasteiger partial charge in [0.15, 0.2) is 11.5 Å². The normalized spacial score (nSPS) is 10.2. The first kappa shape index (κ1) is 21.9. The Labute approximate surface area is 169 Å². The zero-order valence-corrected chi connectivity index (χ0v) is 15.8. The molecule has 11 nitrogen and oxygen atoms in total. The molecule has 1 amide bonds. The minimum atomic E-state index is -1.09. The highest BCUT2D eigenvalue weighted by Gasteiger charge is 2.17. The summed E-state index contributed by atoms with van der Waals surface area (Å²) in [7, 11) is 2.18. The number of carboxylic acids is 1. The molecule has 0 heterocycles. The van der Waals surface area contributed by atoms with E-state index in [0.717, 1.165) is 20.3 Å². The fourth-order valence-electron chi connectivity index (χ4n) is 2.02. The number of ether oxygens (including phenoxy) is 4. The molecule has 0 atom stereocenters. The van der Waals surface area contributed by atoms with Crippen LogP contribution in [0.5, 0.6) is 11.5 Å². The lowest BCUT2D eigenvalue weighted by Gasteiger charge is -2.10. The summed E-state index contributed by atoms with van der Waals surface area (Å²) in [5.74, 6) is -2.15. The molecular formula is C19H16N2O9. The molecule has 156 valence electrons. The van der Waals surface area contributed by atoms with Gasteiger partial charge in [-0.3, -0.25) is 4.79 Å². The van der Waals surface area contributed by atoms with E-state index in [1.807, 2.05) is 0 Å². The lowest BCUT2D eigenvalue weighted by atomic mass is 10.1. The summed E-state index contributed by atoms with van der Waals surface area (Å²) in [5, 5.41) is 12.6.